The number of rotatable bonds is 15. The molecule has 1 aliphatic carbocycles. The van der Waals surface area contributed by atoms with E-state index < -0.39 is 6.10 Å². The maximum atomic E-state index is 12.5. The van der Waals surface area contributed by atoms with Gasteiger partial charge in [0.15, 0.2) is 0 Å². The van der Waals surface area contributed by atoms with Crippen molar-refractivity contribution in [3.63, 3.8) is 0 Å². The molecule has 1 amide bonds. The van der Waals surface area contributed by atoms with Gasteiger partial charge in [0.25, 0.3) is 0 Å². The summed E-state index contributed by atoms with van der Waals surface area (Å²) in [7, 11) is 0. The Morgan fingerprint density at radius 1 is 1.22 bits per heavy atom. The van der Waals surface area contributed by atoms with Crippen molar-refractivity contribution in [2.75, 3.05) is 19.7 Å². The van der Waals surface area contributed by atoms with Crippen LogP contribution in [-0.2, 0) is 17.6 Å². The second kappa shape index (κ2) is 16.3. The quantitative estimate of drug-likeness (QED) is 0.159. The molecule has 1 aromatic carbocycles. The number of allylic oxidation sites excluding steroid dienone is 5. The van der Waals surface area contributed by atoms with Crippen LogP contribution in [0.25, 0.3) is 0 Å². The van der Waals surface area contributed by atoms with Gasteiger partial charge in [0, 0.05) is 31.1 Å². The normalized spacial score (nSPS) is 15.9. The highest BCUT2D eigenvalue weighted by Crippen LogP contribution is 2.12. The molecule has 0 aromatic heterocycles. The van der Waals surface area contributed by atoms with Crippen LogP contribution in [-0.4, -0.2) is 64.9 Å². The average molecular weight is 510 g/mol. The Labute approximate surface area is 219 Å². The van der Waals surface area contributed by atoms with Gasteiger partial charge < -0.3 is 31.1 Å². The average Bonchev–Trinajstić information content (AvgIpc) is 3.08. The summed E-state index contributed by atoms with van der Waals surface area (Å²) in [6.45, 7) is 5.95. The number of aliphatic imine (C=N–C) groups is 1. The smallest absolute Gasteiger partial charge is 0.224 e. The molecule has 1 aromatic rings. The summed E-state index contributed by atoms with van der Waals surface area (Å²) >= 11 is 0. The van der Waals surface area contributed by atoms with Crippen molar-refractivity contribution in [3.8, 4) is 0 Å². The molecule has 0 fully saturated rings. The predicted molar refractivity (Wildman–Crippen MR) is 148 cm³/mol. The molecule has 0 saturated carbocycles. The monoisotopic (exact) mass is 509 g/mol. The van der Waals surface area contributed by atoms with Gasteiger partial charge in [-0.15, -0.1) is 0 Å². The van der Waals surface area contributed by atoms with Gasteiger partial charge >= 0.3 is 0 Å². The van der Waals surface area contributed by atoms with Crippen LogP contribution in [0.3, 0.4) is 0 Å². The summed E-state index contributed by atoms with van der Waals surface area (Å²) in [6.07, 6.45) is 11.9. The fraction of sp³-hybridized carbons (Fsp3) is 0.379. The molecule has 0 saturated heterocycles. The standard InChI is InChI=1S/C29H39N3O5/c1-21(31-20-28(36)26(30-2)12-7-11-25(34)14-15-33)16-22-8-6-9-23(17-22)18-29(37)32-19-24-10-4-3-5-13-27(24)35/h4-6,8-13,17,21,28,31,33-36H,2-3,7,14-16,18-20H2,1H3,(H,32,37)/b25-11+,26-12-. The maximum absolute atomic E-state index is 12.5. The Balaban J connectivity index is 1.83. The first kappa shape index (κ1) is 29.8. The topological polar surface area (TPSA) is 134 Å². The fourth-order valence-electron chi connectivity index (χ4n) is 3.80. The van der Waals surface area contributed by atoms with E-state index in [1.54, 1.807) is 18.2 Å². The van der Waals surface area contributed by atoms with Gasteiger partial charge in [-0.25, -0.2) is 0 Å². The Kier molecular flexibility index (Phi) is 13.1. The molecule has 6 N–H and O–H groups in total. The first-order valence-corrected chi connectivity index (χ1v) is 12.5. The van der Waals surface area contributed by atoms with E-state index in [-0.39, 0.29) is 56.0 Å². The van der Waals surface area contributed by atoms with E-state index in [0.717, 1.165) is 17.5 Å². The molecular weight excluding hydrogens is 470 g/mol. The van der Waals surface area contributed by atoms with Gasteiger partial charge in [0.05, 0.1) is 24.5 Å². The van der Waals surface area contributed by atoms with E-state index >= 15 is 0 Å². The highest BCUT2D eigenvalue weighted by Gasteiger charge is 2.12. The second-order valence-corrected chi connectivity index (χ2v) is 8.95. The third kappa shape index (κ3) is 11.4. The van der Waals surface area contributed by atoms with Crippen molar-refractivity contribution < 1.29 is 25.2 Å². The zero-order valence-corrected chi connectivity index (χ0v) is 21.4. The largest absolute Gasteiger partial charge is 0.513 e. The van der Waals surface area contributed by atoms with Gasteiger partial charge in [-0.05, 0) is 56.2 Å². The predicted octanol–water partition coefficient (Wildman–Crippen LogP) is 3.35. The zero-order valence-electron chi connectivity index (χ0n) is 21.4. The molecule has 0 aliphatic heterocycles. The lowest BCUT2D eigenvalue weighted by Crippen LogP contribution is -2.35. The number of carbonyl (C=O) groups excluding carboxylic acids is 1. The van der Waals surface area contributed by atoms with E-state index in [9.17, 15) is 20.1 Å². The summed E-state index contributed by atoms with van der Waals surface area (Å²) in [5, 5.41) is 45.0. The molecule has 0 bridgehead atoms. The van der Waals surface area contributed by atoms with Crippen LogP contribution < -0.4 is 10.6 Å². The van der Waals surface area contributed by atoms with Gasteiger partial charge in [-0.1, -0.05) is 48.6 Å². The van der Waals surface area contributed by atoms with Crippen LogP contribution in [0.15, 0.2) is 88.5 Å². The summed E-state index contributed by atoms with van der Waals surface area (Å²) < 4.78 is 0. The minimum absolute atomic E-state index is 0.0586. The Bertz CT molecular complexity index is 1060. The third-order valence-electron chi connectivity index (χ3n) is 5.80. The molecule has 8 nitrogen and oxygen atoms in total. The van der Waals surface area contributed by atoms with Crippen molar-refractivity contribution >= 4 is 12.6 Å². The molecule has 0 radical (unpaired) electrons. The summed E-state index contributed by atoms with van der Waals surface area (Å²) in [5.74, 6) is 0.140. The lowest BCUT2D eigenvalue weighted by atomic mass is 10.0. The van der Waals surface area contributed by atoms with E-state index in [4.69, 9.17) is 5.11 Å². The maximum Gasteiger partial charge on any atom is 0.224 e. The van der Waals surface area contributed by atoms with Gasteiger partial charge in [0.1, 0.15) is 11.9 Å². The number of amides is 1. The number of carbonyl (C=O) groups is 1. The Morgan fingerprint density at radius 2 is 1.97 bits per heavy atom. The summed E-state index contributed by atoms with van der Waals surface area (Å²) in [6, 6.07) is 7.90. The molecule has 8 heteroatoms. The molecule has 2 atom stereocenters. The molecule has 200 valence electrons. The van der Waals surface area contributed by atoms with Gasteiger partial charge in [-0.3, -0.25) is 9.79 Å². The van der Waals surface area contributed by atoms with Crippen molar-refractivity contribution in [3.05, 3.63) is 94.6 Å². The van der Waals surface area contributed by atoms with Crippen LogP contribution in [0.1, 0.15) is 37.3 Å². The van der Waals surface area contributed by atoms with Crippen molar-refractivity contribution in [2.24, 2.45) is 4.99 Å². The van der Waals surface area contributed by atoms with Crippen LogP contribution in [0.4, 0.5) is 0 Å². The van der Waals surface area contributed by atoms with E-state index in [2.05, 4.69) is 22.3 Å². The minimum Gasteiger partial charge on any atom is -0.513 e. The van der Waals surface area contributed by atoms with Crippen LogP contribution in [0.2, 0.25) is 0 Å². The van der Waals surface area contributed by atoms with E-state index in [1.165, 1.54) is 0 Å². The van der Waals surface area contributed by atoms with Crippen molar-refractivity contribution in [2.45, 2.75) is 51.2 Å². The van der Waals surface area contributed by atoms with Crippen LogP contribution in [0.5, 0.6) is 0 Å². The molecule has 2 rings (SSSR count). The molecular formula is C29H39N3O5. The molecule has 37 heavy (non-hydrogen) atoms. The number of hydrogen-bond donors (Lipinski definition) is 6. The fourth-order valence-corrected chi connectivity index (χ4v) is 3.80. The highest BCUT2D eigenvalue weighted by molar-refractivity contribution is 5.79. The molecule has 0 spiro atoms. The SMILES string of the molecule is C=N/C(=C\C/C=C(/O)CCO)C(O)CNC(C)Cc1cccc(CC(=O)NCC2=C(O)C=CCC=C2)c1. The van der Waals surface area contributed by atoms with Gasteiger partial charge in [-0.2, -0.15) is 0 Å². The number of nitrogens with zero attached hydrogens (tertiary/aromatic N) is 1. The minimum atomic E-state index is -0.850. The lowest BCUT2D eigenvalue weighted by molar-refractivity contribution is -0.120. The van der Waals surface area contributed by atoms with Crippen LogP contribution in [0, 0.1) is 0 Å². The number of hydrogen-bond acceptors (Lipinski definition) is 7. The number of nitrogens with one attached hydrogen (secondary N) is 2. The summed E-state index contributed by atoms with van der Waals surface area (Å²) in [4.78, 5) is 16.3. The van der Waals surface area contributed by atoms with Gasteiger partial charge in [0.2, 0.25) is 5.91 Å². The summed E-state index contributed by atoms with van der Waals surface area (Å²) in [5.41, 5.74) is 3.06. The third-order valence-corrected chi connectivity index (χ3v) is 5.80. The van der Waals surface area contributed by atoms with Crippen LogP contribution >= 0.6 is 0 Å². The zero-order chi connectivity index (χ0) is 27.0. The number of aliphatic hydroxyl groups is 4. The van der Waals surface area contributed by atoms with E-state index in [1.807, 2.05) is 49.4 Å². The first-order chi connectivity index (χ1) is 17.8. The molecule has 1 aliphatic rings. The first-order valence-electron chi connectivity index (χ1n) is 12.5. The van der Waals surface area contributed by atoms with E-state index in [0.29, 0.717) is 24.1 Å². The van der Waals surface area contributed by atoms with Crippen molar-refractivity contribution in [1.82, 2.24) is 10.6 Å². The Hall–Kier alpha value is -3.46. The van der Waals surface area contributed by atoms with Crippen molar-refractivity contribution in [1.29, 1.82) is 0 Å². The Morgan fingerprint density at radius 3 is 2.73 bits per heavy atom. The highest BCUT2D eigenvalue weighted by atomic mass is 16.3. The molecule has 0 heterocycles. The number of aliphatic hydroxyl groups excluding tert-OH is 4. The number of benzene rings is 1. The molecule has 2 unspecified atom stereocenters. The lowest BCUT2D eigenvalue weighted by Gasteiger charge is -2.18. The second-order valence-electron chi connectivity index (χ2n) is 8.95.